The van der Waals surface area contributed by atoms with Crippen molar-refractivity contribution in [2.24, 2.45) is 5.41 Å². The molecule has 0 unspecified atom stereocenters. The van der Waals surface area contributed by atoms with Gasteiger partial charge in [-0.15, -0.1) is 0 Å². The standard InChI is InChI=1S/C39H45N2.2ClH.Ru/c1-23-19-25(3)36(26(4)20-23)40-17-18-41(37-27(5)21-24(2)22-28(37)6)38(40)31(9)33-15-13-14-16-34(33)35-30(8)29(7)32(10)39(35,11)12;;;/h13-16,19-22H,17-18H2,1-8,10-12H3;2*1H;/q;;;+2/p-2. The third kappa shape index (κ3) is 4.91. The van der Waals surface area contributed by atoms with Crippen molar-refractivity contribution in [2.45, 2.75) is 80.4 Å². The minimum Gasteiger partial charge on any atom is -1.00 e. The van der Waals surface area contributed by atoms with Gasteiger partial charge in [0.05, 0.1) is 0 Å². The first kappa shape index (κ1) is 34.5. The maximum Gasteiger partial charge on any atom is -1.00 e. The number of hydrogen-bond donors (Lipinski definition) is 0. The second-order valence-electron chi connectivity index (χ2n) is 13.3. The largest absolute Gasteiger partial charge is 1.00 e. The van der Waals surface area contributed by atoms with E-state index in [-0.39, 0.29) is 51.2 Å². The van der Waals surface area contributed by atoms with Crippen LogP contribution in [0.3, 0.4) is 0 Å². The molecule has 5 heteroatoms. The van der Waals surface area contributed by atoms with Crippen LogP contribution < -0.4 is 34.6 Å². The first-order valence-corrected chi connectivity index (χ1v) is 17.0. The average Bonchev–Trinajstić information content (AvgIpc) is 3.34. The fourth-order valence-corrected chi connectivity index (χ4v) is 10.7. The molecule has 0 atom stereocenters. The molecule has 1 spiro atoms. The third-order valence-electron chi connectivity index (χ3n) is 10.2. The van der Waals surface area contributed by atoms with Gasteiger partial charge >= 0.3 is 262 Å². The van der Waals surface area contributed by atoms with Gasteiger partial charge in [-0.3, -0.25) is 0 Å². The van der Waals surface area contributed by atoms with E-state index in [0.717, 1.165) is 13.1 Å². The molecule has 3 aromatic rings. The van der Waals surface area contributed by atoms with E-state index in [0.29, 0.717) is 0 Å². The predicted molar refractivity (Wildman–Crippen MR) is 178 cm³/mol. The van der Waals surface area contributed by atoms with Gasteiger partial charge in [0.15, 0.2) is 0 Å². The number of allylic oxidation sites excluding steroid dienone is 4. The van der Waals surface area contributed by atoms with Crippen LogP contribution in [-0.2, 0) is 16.7 Å². The topological polar surface area (TPSA) is 6.48 Å². The van der Waals surface area contributed by atoms with E-state index in [9.17, 15) is 0 Å². The first-order chi connectivity index (χ1) is 19.8. The molecule has 1 saturated heterocycles. The van der Waals surface area contributed by atoms with E-state index in [1.165, 1.54) is 83.7 Å². The molecule has 2 aliphatic heterocycles. The average molecular weight is 714 g/mol. The molecule has 0 N–H and O–H groups in total. The number of hydrogen-bond acceptors (Lipinski definition) is 2. The van der Waals surface area contributed by atoms with Crippen LogP contribution in [-0.4, -0.2) is 21.6 Å². The minimum absolute atomic E-state index is 0. The number of rotatable bonds is 4. The van der Waals surface area contributed by atoms with Crippen LogP contribution in [0.15, 0.2) is 65.3 Å². The zero-order valence-corrected chi connectivity index (χ0v) is 31.3. The Hall–Kier alpha value is -2.41. The number of anilines is 2. The van der Waals surface area contributed by atoms with Crippen molar-refractivity contribution in [3.05, 3.63) is 110 Å². The quantitative estimate of drug-likeness (QED) is 0.384. The fraction of sp³-hybridized carbons (Fsp3) is 0.385. The van der Waals surface area contributed by atoms with Gasteiger partial charge in [-0.05, 0) is 0 Å². The molecule has 44 heavy (non-hydrogen) atoms. The molecule has 0 bridgehead atoms. The number of benzene rings is 3. The normalized spacial score (nSPS) is 18.0. The van der Waals surface area contributed by atoms with Crippen LogP contribution in [0.4, 0.5) is 11.4 Å². The minimum atomic E-state index is -0.201. The Morgan fingerprint density at radius 2 is 1.07 bits per heavy atom. The van der Waals surface area contributed by atoms with Crippen molar-refractivity contribution in [3.63, 3.8) is 0 Å². The Balaban J connectivity index is 0.00000221. The van der Waals surface area contributed by atoms with Crippen molar-refractivity contribution >= 4 is 26.8 Å². The molecule has 1 fully saturated rings. The molecule has 2 heterocycles. The molecule has 233 valence electrons. The smallest absolute Gasteiger partial charge is 1.00 e. The summed E-state index contributed by atoms with van der Waals surface area (Å²) in [5, 5.41) is 0. The number of halogens is 2. The summed E-state index contributed by atoms with van der Waals surface area (Å²) < 4.78 is 3.81. The van der Waals surface area contributed by atoms with E-state index >= 15 is 0 Å². The van der Waals surface area contributed by atoms with Crippen LogP contribution in [0.2, 0.25) is 0 Å². The molecule has 0 aromatic heterocycles. The van der Waals surface area contributed by atoms with Gasteiger partial charge in [0, 0.05) is 0 Å². The van der Waals surface area contributed by atoms with Gasteiger partial charge in [-0.1, -0.05) is 0 Å². The zero-order valence-electron chi connectivity index (χ0n) is 28.0. The molecule has 3 aromatic carbocycles. The second-order valence-corrected chi connectivity index (χ2v) is 15.4. The van der Waals surface area contributed by atoms with Crippen LogP contribution in [0.5, 0.6) is 0 Å². The van der Waals surface area contributed by atoms with Gasteiger partial charge in [-0.25, -0.2) is 0 Å². The van der Waals surface area contributed by atoms with Crippen molar-refractivity contribution in [1.29, 1.82) is 0 Å². The maximum absolute atomic E-state index is 4.01. The Bertz CT molecular complexity index is 1690. The van der Waals surface area contributed by atoms with Crippen LogP contribution in [0, 0.1) is 47.0 Å². The molecule has 1 aliphatic carbocycles. The maximum atomic E-state index is 4.01. The Labute approximate surface area is 285 Å². The summed E-state index contributed by atoms with van der Waals surface area (Å²) in [5.41, 5.74) is 20.9. The summed E-state index contributed by atoms with van der Waals surface area (Å²) >= 11 is -0.171. The Morgan fingerprint density at radius 1 is 0.636 bits per heavy atom. The summed E-state index contributed by atoms with van der Waals surface area (Å²) in [6.45, 7) is 27.4. The number of aryl methyl sites for hydroxylation is 6. The zero-order chi connectivity index (χ0) is 30.3. The van der Waals surface area contributed by atoms with Crippen molar-refractivity contribution in [1.82, 2.24) is 0 Å². The van der Waals surface area contributed by atoms with Gasteiger partial charge < -0.3 is 24.8 Å². The third-order valence-corrected chi connectivity index (χ3v) is 12.8. The van der Waals surface area contributed by atoms with E-state index in [4.69, 9.17) is 0 Å². The van der Waals surface area contributed by atoms with E-state index < -0.39 is 0 Å². The van der Waals surface area contributed by atoms with Gasteiger partial charge in [0.1, 0.15) is 0 Å². The molecule has 0 saturated carbocycles. The monoisotopic (exact) mass is 713 g/mol. The van der Waals surface area contributed by atoms with Gasteiger partial charge in [0.2, 0.25) is 0 Å². The van der Waals surface area contributed by atoms with Crippen LogP contribution in [0.25, 0.3) is 11.1 Å². The van der Waals surface area contributed by atoms with Crippen LogP contribution in [0.1, 0.15) is 79.1 Å². The van der Waals surface area contributed by atoms with E-state index in [1.807, 2.05) is 0 Å². The molecular formula is C39H45Cl2N2Ru. The second kappa shape index (κ2) is 12.1. The molecule has 0 radical (unpaired) electrons. The molecular weight excluding hydrogens is 668 g/mol. The summed E-state index contributed by atoms with van der Waals surface area (Å²) in [5.74, 6) is 0. The number of nitrogens with zero attached hydrogens (tertiary/aromatic N) is 2. The SMILES string of the molecule is CC1=C(C)C(C)(C)C(c2ccccc2C2=[C]=[Ru+2][C]23N(c2c(C)cc(C)cc2C)CCN3c2c(C)cc(C)cc2C)=C1C.[Cl-].[Cl-]. The van der Waals surface area contributed by atoms with E-state index in [2.05, 4.69) is 139 Å². The first-order valence-electron chi connectivity index (χ1n) is 15.3. The summed E-state index contributed by atoms with van der Waals surface area (Å²) in [6.07, 6.45) is 0. The van der Waals surface area contributed by atoms with Gasteiger partial charge in [-0.2, -0.15) is 0 Å². The van der Waals surface area contributed by atoms with Crippen molar-refractivity contribution in [3.8, 4) is 0 Å². The summed E-state index contributed by atoms with van der Waals surface area (Å²) in [4.78, 5) is 5.54. The van der Waals surface area contributed by atoms with Gasteiger partial charge in [0.25, 0.3) is 0 Å². The Kier molecular flexibility index (Phi) is 9.46. The van der Waals surface area contributed by atoms with Crippen LogP contribution >= 0.6 is 0 Å². The summed E-state index contributed by atoms with van der Waals surface area (Å²) in [6, 6.07) is 18.7. The van der Waals surface area contributed by atoms with E-state index in [1.54, 1.807) is 0 Å². The van der Waals surface area contributed by atoms with Crippen molar-refractivity contribution < 1.29 is 41.5 Å². The Morgan fingerprint density at radius 3 is 1.43 bits per heavy atom. The van der Waals surface area contributed by atoms with Crippen molar-refractivity contribution in [2.75, 3.05) is 22.9 Å². The predicted octanol–water partition coefficient (Wildman–Crippen LogP) is 3.26. The summed E-state index contributed by atoms with van der Waals surface area (Å²) in [7, 11) is 0. The molecule has 0 amide bonds. The fourth-order valence-electron chi connectivity index (χ4n) is 8.15. The molecule has 3 aliphatic rings. The molecule has 2 nitrogen and oxygen atoms in total. The molecule has 6 rings (SSSR count).